The molecule has 2 aromatic heterocycles. The molecule has 0 radical (unpaired) electrons. The van der Waals surface area contributed by atoms with Crippen molar-refractivity contribution in [3.63, 3.8) is 0 Å². The lowest BCUT2D eigenvalue weighted by atomic mass is 9.86. The Labute approximate surface area is 192 Å². The van der Waals surface area contributed by atoms with Crippen molar-refractivity contribution in [2.75, 3.05) is 13.1 Å². The number of amides is 1. The number of aromatic nitrogens is 3. The number of H-pyrrole nitrogens is 1. The number of pyridine rings is 1. The van der Waals surface area contributed by atoms with Gasteiger partial charge in [0.25, 0.3) is 0 Å². The van der Waals surface area contributed by atoms with E-state index in [4.69, 9.17) is 12.2 Å². The van der Waals surface area contributed by atoms with Crippen molar-refractivity contribution in [2.24, 2.45) is 17.8 Å². The van der Waals surface area contributed by atoms with Crippen LogP contribution in [-0.2, 0) is 4.79 Å². The van der Waals surface area contributed by atoms with Crippen molar-refractivity contribution in [3.05, 3.63) is 82.8 Å². The van der Waals surface area contributed by atoms with Gasteiger partial charge in [0.2, 0.25) is 5.91 Å². The summed E-state index contributed by atoms with van der Waals surface area (Å²) in [6.45, 7) is 1.57. The summed E-state index contributed by atoms with van der Waals surface area (Å²) in [6, 6.07) is 11.4. The number of nitrogens with one attached hydrogen (secondary N) is 1. The molecule has 0 bridgehead atoms. The number of hydrogen-bond acceptors (Lipinski definition) is 3. The van der Waals surface area contributed by atoms with Crippen LogP contribution in [0.2, 0.25) is 0 Å². The molecule has 3 aromatic rings. The molecule has 2 aliphatic carbocycles. The van der Waals surface area contributed by atoms with Crippen LogP contribution in [0.3, 0.4) is 0 Å². The van der Waals surface area contributed by atoms with Gasteiger partial charge in [0.05, 0.1) is 17.1 Å². The van der Waals surface area contributed by atoms with Crippen LogP contribution in [-0.4, -0.2) is 38.7 Å². The van der Waals surface area contributed by atoms with Crippen LogP contribution < -0.4 is 0 Å². The first kappa shape index (κ1) is 19.7. The number of rotatable bonds is 4. The molecule has 3 heterocycles. The van der Waals surface area contributed by atoms with Crippen LogP contribution in [0.4, 0.5) is 0 Å². The number of fused-ring (bicyclic) bond motifs is 2. The predicted octanol–water partition coefficient (Wildman–Crippen LogP) is 5.05. The maximum atomic E-state index is 13.9. The van der Waals surface area contributed by atoms with E-state index < -0.39 is 6.04 Å². The molecule has 2 fully saturated rings. The lowest BCUT2D eigenvalue weighted by Crippen LogP contribution is -2.43. The number of piperidine rings is 1. The Bertz CT molecular complexity index is 1280. The zero-order valence-corrected chi connectivity index (χ0v) is 18.7. The van der Waals surface area contributed by atoms with Crippen LogP contribution in [0.1, 0.15) is 30.9 Å². The molecule has 1 saturated carbocycles. The Kier molecular flexibility index (Phi) is 4.83. The number of allylic oxidation sites excluding steroid dienone is 4. The third-order valence-corrected chi connectivity index (χ3v) is 7.71. The van der Waals surface area contributed by atoms with Crippen LogP contribution in [0.15, 0.2) is 72.6 Å². The predicted molar refractivity (Wildman–Crippen MR) is 128 cm³/mol. The standard InChI is InChI=1S/C26H26N4OS/c31-25(29-11-8-17(9-12-29)19-6-7-20-15-21(20)14-19)24(18-4-2-1-3-5-18)30-13-10-23-22(26(30)32)16-27-28-23/h1-7,10,13-14,16-17,20-21,24H,8-9,11-12,15H2,(H,27,28). The number of hydrogen-bond donors (Lipinski definition) is 1. The van der Waals surface area contributed by atoms with Gasteiger partial charge < -0.3 is 9.47 Å². The number of carbonyl (C=O) groups is 1. The van der Waals surface area contributed by atoms with Gasteiger partial charge in [-0.05, 0) is 54.2 Å². The SMILES string of the molecule is O=C(C(c1ccccc1)n1ccc2[nH]ncc2c1=S)N1CCC(C2=CC3CC3C=C2)CC1. The van der Waals surface area contributed by atoms with Gasteiger partial charge in [0, 0.05) is 19.3 Å². The van der Waals surface area contributed by atoms with Crippen molar-refractivity contribution >= 4 is 29.0 Å². The highest BCUT2D eigenvalue weighted by Gasteiger charge is 2.37. The van der Waals surface area contributed by atoms with Crippen LogP contribution in [0.25, 0.3) is 10.9 Å². The summed E-state index contributed by atoms with van der Waals surface area (Å²) in [6.07, 6.45) is 14.2. The van der Waals surface area contributed by atoms with Crippen LogP contribution in [0, 0.1) is 22.4 Å². The Balaban J connectivity index is 1.28. The van der Waals surface area contributed by atoms with Gasteiger partial charge >= 0.3 is 0 Å². The minimum atomic E-state index is -0.472. The monoisotopic (exact) mass is 442 g/mol. The molecule has 6 heteroatoms. The third kappa shape index (κ3) is 3.43. The summed E-state index contributed by atoms with van der Waals surface area (Å²) in [7, 11) is 0. The first-order chi connectivity index (χ1) is 15.7. The van der Waals surface area contributed by atoms with Crippen molar-refractivity contribution in [2.45, 2.75) is 25.3 Å². The number of carbonyl (C=O) groups excluding carboxylic acids is 1. The molecule has 1 N–H and O–H groups in total. The second-order valence-corrected chi connectivity index (χ2v) is 9.61. The molecule has 1 amide bonds. The van der Waals surface area contributed by atoms with Gasteiger partial charge in [0.15, 0.2) is 0 Å². The average molecular weight is 443 g/mol. The topological polar surface area (TPSA) is 53.9 Å². The largest absolute Gasteiger partial charge is 0.341 e. The summed E-state index contributed by atoms with van der Waals surface area (Å²) in [5.74, 6) is 2.25. The highest BCUT2D eigenvalue weighted by atomic mass is 32.1. The number of benzene rings is 1. The molecule has 1 aromatic carbocycles. The first-order valence-corrected chi connectivity index (χ1v) is 11.9. The van der Waals surface area contributed by atoms with Gasteiger partial charge in [0.1, 0.15) is 10.7 Å². The highest BCUT2D eigenvalue weighted by molar-refractivity contribution is 7.71. The van der Waals surface area contributed by atoms with Gasteiger partial charge in [-0.25, -0.2) is 0 Å². The molecule has 1 aliphatic heterocycles. The van der Waals surface area contributed by atoms with Crippen LogP contribution in [0.5, 0.6) is 0 Å². The maximum Gasteiger partial charge on any atom is 0.250 e. The van der Waals surface area contributed by atoms with E-state index in [0.29, 0.717) is 10.6 Å². The smallest absolute Gasteiger partial charge is 0.250 e. The first-order valence-electron chi connectivity index (χ1n) is 11.5. The fourth-order valence-electron chi connectivity index (χ4n) is 5.28. The Morgan fingerprint density at radius 2 is 1.94 bits per heavy atom. The molecule has 1 saturated heterocycles. The lowest BCUT2D eigenvalue weighted by Gasteiger charge is -2.35. The molecule has 3 atom stereocenters. The van der Waals surface area contributed by atoms with E-state index in [-0.39, 0.29) is 5.91 Å². The van der Waals surface area contributed by atoms with E-state index in [1.807, 2.05) is 52.1 Å². The van der Waals surface area contributed by atoms with Crippen molar-refractivity contribution in [3.8, 4) is 0 Å². The minimum Gasteiger partial charge on any atom is -0.341 e. The number of nitrogens with zero attached hydrogens (tertiary/aromatic N) is 3. The van der Waals surface area contributed by atoms with E-state index in [9.17, 15) is 4.79 Å². The molecular weight excluding hydrogens is 416 g/mol. The van der Waals surface area contributed by atoms with Crippen molar-refractivity contribution in [1.29, 1.82) is 0 Å². The van der Waals surface area contributed by atoms with E-state index in [1.165, 1.54) is 12.0 Å². The van der Waals surface area contributed by atoms with Gasteiger partial charge in [-0.1, -0.05) is 60.8 Å². The van der Waals surface area contributed by atoms with Gasteiger partial charge in [-0.3, -0.25) is 9.89 Å². The molecule has 6 rings (SSSR count). The molecule has 5 nitrogen and oxygen atoms in total. The van der Waals surface area contributed by atoms with Crippen molar-refractivity contribution in [1.82, 2.24) is 19.7 Å². The van der Waals surface area contributed by atoms with E-state index in [2.05, 4.69) is 28.4 Å². The summed E-state index contributed by atoms with van der Waals surface area (Å²) < 4.78 is 2.56. The molecule has 3 unspecified atom stereocenters. The zero-order chi connectivity index (χ0) is 21.7. The molecule has 3 aliphatic rings. The average Bonchev–Trinajstić information content (AvgIpc) is 3.46. The summed E-state index contributed by atoms with van der Waals surface area (Å²) >= 11 is 5.78. The van der Waals surface area contributed by atoms with E-state index in [0.717, 1.165) is 54.2 Å². The summed E-state index contributed by atoms with van der Waals surface area (Å²) in [5, 5.41) is 7.95. The Morgan fingerprint density at radius 3 is 2.72 bits per heavy atom. The summed E-state index contributed by atoms with van der Waals surface area (Å²) in [5.41, 5.74) is 3.33. The number of likely N-dealkylation sites (tertiary alicyclic amines) is 1. The fourth-order valence-corrected chi connectivity index (χ4v) is 5.61. The van der Waals surface area contributed by atoms with Crippen LogP contribution >= 0.6 is 12.2 Å². The Hall–Kier alpha value is -2.99. The third-order valence-electron chi connectivity index (χ3n) is 7.27. The van der Waals surface area contributed by atoms with E-state index >= 15 is 0 Å². The quantitative estimate of drug-likeness (QED) is 0.575. The second kappa shape index (κ2) is 7.85. The minimum absolute atomic E-state index is 0.115. The zero-order valence-electron chi connectivity index (χ0n) is 17.9. The molecule has 0 spiro atoms. The van der Waals surface area contributed by atoms with Crippen molar-refractivity contribution < 1.29 is 4.79 Å². The molecule has 162 valence electrons. The van der Waals surface area contributed by atoms with Gasteiger partial charge in [-0.2, -0.15) is 5.10 Å². The Morgan fingerprint density at radius 1 is 1.12 bits per heavy atom. The highest BCUT2D eigenvalue weighted by Crippen LogP contribution is 2.46. The van der Waals surface area contributed by atoms with E-state index in [1.54, 1.807) is 6.20 Å². The molecule has 32 heavy (non-hydrogen) atoms. The summed E-state index contributed by atoms with van der Waals surface area (Å²) in [4.78, 5) is 15.9. The lowest BCUT2D eigenvalue weighted by molar-refractivity contribution is -0.134. The second-order valence-electron chi connectivity index (χ2n) is 9.23. The number of aromatic amines is 1. The normalized spacial score (nSPS) is 23.6. The maximum absolute atomic E-state index is 13.9. The molecular formula is C26H26N4OS. The fraction of sp³-hybridized carbons (Fsp3) is 0.346. The van der Waals surface area contributed by atoms with Gasteiger partial charge in [-0.15, -0.1) is 0 Å².